The van der Waals surface area contributed by atoms with Crippen LogP contribution in [0.2, 0.25) is 0 Å². The molecule has 0 aromatic rings. The highest BCUT2D eigenvalue weighted by molar-refractivity contribution is 5.12. The Kier molecular flexibility index (Phi) is 8.40. The molecule has 12 nitrogen and oxygen atoms in total. The number of hydrogen-bond donors (Lipinski definition) is 8. The number of rotatable bonds is 0. The van der Waals surface area contributed by atoms with Crippen LogP contribution < -0.4 is 42.5 Å². The number of nitriles is 2. The molecule has 5 aliphatic heterocycles. The fraction of sp³-hybridized carbons (Fsp3) is 0.889. The Morgan fingerprint density at radius 1 is 0.375 bits per heavy atom. The predicted molar refractivity (Wildman–Crippen MR) is 178 cm³/mol. The van der Waals surface area contributed by atoms with Gasteiger partial charge in [-0.05, 0) is 86.9 Å². The molecule has 9 aliphatic rings. The normalized spacial score (nSPS) is 55.4. The molecule has 256 valence electrons. The summed E-state index contributed by atoms with van der Waals surface area (Å²) in [7, 11) is 0. The second kappa shape index (κ2) is 12.8. The second-order valence-corrected chi connectivity index (χ2v) is 16.9. The monoisotopic (exact) mass is 652 g/mol. The summed E-state index contributed by atoms with van der Waals surface area (Å²) in [5, 5.41) is 52.5. The summed E-state index contributed by atoms with van der Waals surface area (Å²) in [6.07, 6.45) is 12.6. The van der Waals surface area contributed by atoms with Crippen molar-refractivity contribution in [3.8, 4) is 12.1 Å². The fourth-order valence-electron chi connectivity index (χ4n) is 12.4. The number of fused-ring (bicyclic) bond motifs is 20. The van der Waals surface area contributed by atoms with Gasteiger partial charge in [-0.1, -0.05) is 0 Å². The van der Waals surface area contributed by atoms with E-state index in [4.69, 9.17) is 13.1 Å². The average molecular weight is 653 g/mol. The predicted octanol–water partition coefficient (Wildman–Crippen LogP) is 1.90. The van der Waals surface area contributed by atoms with Gasteiger partial charge in [0.25, 0.3) is 0 Å². The topological polar surface area (TPSA) is 153 Å². The molecule has 4 saturated carbocycles. The van der Waals surface area contributed by atoms with Crippen LogP contribution in [0.4, 0.5) is 0 Å². The van der Waals surface area contributed by atoms with Crippen molar-refractivity contribution in [2.24, 2.45) is 59.2 Å². The first kappa shape index (κ1) is 31.6. The Morgan fingerprint density at radius 2 is 0.646 bits per heavy atom. The van der Waals surface area contributed by atoms with Gasteiger partial charge in [0.15, 0.2) is 0 Å². The summed E-state index contributed by atoms with van der Waals surface area (Å²) in [5.41, 5.74) is 0. The highest BCUT2D eigenvalue weighted by Gasteiger charge is 2.56. The first-order chi connectivity index (χ1) is 23.5. The van der Waals surface area contributed by atoms with Crippen molar-refractivity contribution in [1.82, 2.24) is 42.5 Å². The molecule has 0 aromatic carbocycles. The van der Waals surface area contributed by atoms with Crippen LogP contribution in [0, 0.1) is 95.0 Å². The standard InChI is InChI=1S/C36H52N12/c1-39-19-5-9-23-27(13-19)36-46-31(23)44-34-25-11-17(15-37)3-7-21(25)29(42-34)41-33-26-12-18(16-38)4-8-22(26)30(43-33)45-35-28-14-20(40-2)6-10-24(28)32(47-35)48-36/h17-36,41-48H,3-14H2. The number of nitrogens with zero attached hydrogens (tertiary/aromatic N) is 4. The van der Waals surface area contributed by atoms with Crippen LogP contribution in [-0.4, -0.2) is 61.4 Å². The van der Waals surface area contributed by atoms with Gasteiger partial charge in [0, 0.05) is 49.4 Å². The summed E-state index contributed by atoms with van der Waals surface area (Å²) >= 11 is 0. The van der Waals surface area contributed by atoms with Crippen LogP contribution >= 0.6 is 0 Å². The Morgan fingerprint density at radius 3 is 0.938 bits per heavy atom. The summed E-state index contributed by atoms with van der Waals surface area (Å²) in [4.78, 5) is 8.06. The van der Waals surface area contributed by atoms with Crippen LogP contribution in [0.25, 0.3) is 9.69 Å². The molecule has 20 atom stereocenters. The van der Waals surface area contributed by atoms with Crippen LogP contribution in [0.5, 0.6) is 0 Å². The van der Waals surface area contributed by atoms with E-state index < -0.39 is 0 Å². The molecule has 8 N–H and O–H groups in total. The highest BCUT2D eigenvalue weighted by Crippen LogP contribution is 2.47. The maximum absolute atomic E-state index is 9.96. The molecule has 0 amide bonds. The lowest BCUT2D eigenvalue weighted by Gasteiger charge is -2.36. The second-order valence-electron chi connectivity index (χ2n) is 16.9. The third-order valence-electron chi connectivity index (χ3n) is 14.8. The van der Waals surface area contributed by atoms with Gasteiger partial charge in [-0.3, -0.25) is 42.5 Å². The van der Waals surface area contributed by atoms with Crippen LogP contribution in [-0.2, 0) is 0 Å². The molecule has 0 radical (unpaired) electrons. The van der Waals surface area contributed by atoms with Gasteiger partial charge < -0.3 is 9.69 Å². The first-order valence-corrected chi connectivity index (χ1v) is 19.1. The third kappa shape index (κ3) is 5.36. The van der Waals surface area contributed by atoms with Gasteiger partial charge in [-0.2, -0.15) is 10.5 Å². The van der Waals surface area contributed by atoms with Gasteiger partial charge in [0.2, 0.25) is 12.1 Å². The minimum Gasteiger partial charge on any atom is -0.314 e. The zero-order chi connectivity index (χ0) is 32.5. The molecule has 20 unspecified atom stereocenters. The molecular formula is C36H52N12. The quantitative estimate of drug-likeness (QED) is 0.182. The molecule has 9 rings (SSSR count). The van der Waals surface area contributed by atoms with E-state index in [0.717, 1.165) is 77.0 Å². The minimum absolute atomic E-state index is 0.0843. The third-order valence-corrected chi connectivity index (χ3v) is 14.8. The van der Waals surface area contributed by atoms with Crippen molar-refractivity contribution < 1.29 is 0 Å². The molecule has 4 aliphatic carbocycles. The van der Waals surface area contributed by atoms with Crippen molar-refractivity contribution in [2.45, 2.75) is 138 Å². The lowest BCUT2D eigenvalue weighted by molar-refractivity contribution is 0.151. The highest BCUT2D eigenvalue weighted by atomic mass is 15.4. The molecule has 12 heteroatoms. The summed E-state index contributed by atoms with van der Waals surface area (Å²) in [5.74, 6) is 3.41. The Balaban J connectivity index is 1.06. The SMILES string of the molecule is [C-]#[N+]C1CCC2C3NC(NC4NC(NC5NC(NC6NC(N3)C3CC([N+]#[C-])CCC63)C3CC(C#N)CCC53)C3CC(C#N)CCC43)C2C1. The maximum Gasteiger partial charge on any atom is 0.224 e. The molecule has 8 bridgehead atoms. The summed E-state index contributed by atoms with van der Waals surface area (Å²) in [6.45, 7) is 15.7. The Hall–Kier alpha value is -2.36. The molecule has 9 fully saturated rings. The zero-order valence-electron chi connectivity index (χ0n) is 27.8. The largest absolute Gasteiger partial charge is 0.314 e. The Bertz CT molecular complexity index is 1190. The van der Waals surface area contributed by atoms with Gasteiger partial charge in [-0.25, -0.2) is 13.1 Å². The van der Waals surface area contributed by atoms with Crippen molar-refractivity contribution in [3.63, 3.8) is 0 Å². The number of hydrogen-bond acceptors (Lipinski definition) is 10. The van der Waals surface area contributed by atoms with E-state index in [1.165, 1.54) is 0 Å². The smallest absolute Gasteiger partial charge is 0.224 e. The van der Waals surface area contributed by atoms with E-state index in [-0.39, 0.29) is 73.2 Å². The van der Waals surface area contributed by atoms with Crippen molar-refractivity contribution in [1.29, 1.82) is 10.5 Å². The van der Waals surface area contributed by atoms with Crippen LogP contribution in [0.1, 0.15) is 77.0 Å². The zero-order valence-corrected chi connectivity index (χ0v) is 27.8. The molecule has 0 spiro atoms. The van der Waals surface area contributed by atoms with E-state index in [1.54, 1.807) is 0 Å². The van der Waals surface area contributed by atoms with Gasteiger partial charge >= 0.3 is 0 Å². The summed E-state index contributed by atoms with van der Waals surface area (Å²) < 4.78 is 0. The van der Waals surface area contributed by atoms with Crippen molar-refractivity contribution >= 4 is 0 Å². The first-order valence-electron chi connectivity index (χ1n) is 19.1. The average Bonchev–Trinajstić information content (AvgIpc) is 3.85. The van der Waals surface area contributed by atoms with Gasteiger partial charge in [-0.15, -0.1) is 0 Å². The van der Waals surface area contributed by atoms with E-state index >= 15 is 0 Å². The Labute approximate surface area is 285 Å². The van der Waals surface area contributed by atoms with Gasteiger partial charge in [0.05, 0.1) is 61.5 Å². The molecule has 0 aromatic heterocycles. The van der Waals surface area contributed by atoms with Crippen LogP contribution in [0.15, 0.2) is 0 Å². The van der Waals surface area contributed by atoms with Crippen molar-refractivity contribution in [3.05, 3.63) is 22.8 Å². The van der Waals surface area contributed by atoms with E-state index in [1.807, 2.05) is 0 Å². The van der Waals surface area contributed by atoms with E-state index in [9.17, 15) is 10.5 Å². The van der Waals surface area contributed by atoms with Gasteiger partial charge in [0.1, 0.15) is 0 Å². The minimum atomic E-state index is 0.0843. The van der Waals surface area contributed by atoms with E-state index in [2.05, 4.69) is 64.4 Å². The number of nitrogens with one attached hydrogen (secondary N) is 8. The van der Waals surface area contributed by atoms with E-state index in [0.29, 0.717) is 47.3 Å². The molecular weight excluding hydrogens is 600 g/mol. The molecule has 5 saturated heterocycles. The van der Waals surface area contributed by atoms with Crippen LogP contribution in [0.3, 0.4) is 0 Å². The maximum atomic E-state index is 9.96. The molecule has 48 heavy (non-hydrogen) atoms. The fourth-order valence-corrected chi connectivity index (χ4v) is 12.4. The lowest BCUT2D eigenvalue weighted by atomic mass is 9.72. The molecule has 5 heterocycles. The summed E-state index contributed by atoms with van der Waals surface area (Å²) in [6, 6.07) is 5.38. The van der Waals surface area contributed by atoms with Crippen molar-refractivity contribution in [2.75, 3.05) is 0 Å². The lowest BCUT2D eigenvalue weighted by Crippen LogP contribution is -2.61.